The number of nitrogens with two attached hydrogens (primary N) is 1. The summed E-state index contributed by atoms with van der Waals surface area (Å²) in [5, 5.41) is 0. The first-order valence-electron chi connectivity index (χ1n) is 7.93. The molecular weight excluding hydrogens is 298 g/mol. The minimum atomic E-state index is -0.392. The van der Waals surface area contributed by atoms with Crippen LogP contribution in [0.4, 0.5) is 5.69 Å². The SMILES string of the molecule is Nc1ccc([C@H]2O[C@@H]2C(=O)c2ccc(-c3ccccc3)cc2)cc1. The van der Waals surface area contributed by atoms with Gasteiger partial charge in [0.1, 0.15) is 6.10 Å². The second kappa shape index (κ2) is 5.95. The number of ether oxygens (including phenoxy) is 1. The number of rotatable bonds is 4. The normalized spacial score (nSPS) is 19.0. The van der Waals surface area contributed by atoms with Gasteiger partial charge in [0.25, 0.3) is 0 Å². The highest BCUT2D eigenvalue weighted by molar-refractivity contribution is 6.01. The number of Topliss-reactive ketones (excluding diaryl/α,β-unsaturated/α-hetero) is 1. The van der Waals surface area contributed by atoms with Gasteiger partial charge in [-0.05, 0) is 28.8 Å². The fraction of sp³-hybridized carbons (Fsp3) is 0.0952. The van der Waals surface area contributed by atoms with Crippen molar-refractivity contribution in [1.82, 2.24) is 0 Å². The van der Waals surface area contributed by atoms with E-state index in [9.17, 15) is 4.79 Å². The summed E-state index contributed by atoms with van der Waals surface area (Å²) in [5.41, 5.74) is 10.3. The highest BCUT2D eigenvalue weighted by Gasteiger charge is 2.46. The summed E-state index contributed by atoms with van der Waals surface area (Å²) in [6.45, 7) is 0. The first kappa shape index (κ1) is 14.7. The van der Waals surface area contributed by atoms with Crippen molar-refractivity contribution in [3.8, 4) is 11.1 Å². The topological polar surface area (TPSA) is 55.6 Å². The average molecular weight is 315 g/mol. The molecule has 4 rings (SSSR count). The second-order valence-electron chi connectivity index (χ2n) is 5.95. The van der Waals surface area contributed by atoms with Crippen LogP contribution < -0.4 is 5.73 Å². The van der Waals surface area contributed by atoms with Gasteiger partial charge in [-0.15, -0.1) is 0 Å². The van der Waals surface area contributed by atoms with Crippen LogP contribution in [-0.2, 0) is 4.74 Å². The Bertz CT molecular complexity index is 855. The lowest BCUT2D eigenvalue weighted by molar-refractivity contribution is 0.0953. The zero-order chi connectivity index (χ0) is 16.5. The predicted octanol–water partition coefficient (Wildman–Crippen LogP) is 4.26. The van der Waals surface area contributed by atoms with E-state index in [1.165, 1.54) is 0 Å². The molecule has 0 unspecified atom stereocenters. The molecule has 2 N–H and O–H groups in total. The molecule has 1 heterocycles. The molecule has 0 bridgehead atoms. The van der Waals surface area contributed by atoms with E-state index in [0.717, 1.165) is 16.7 Å². The Balaban J connectivity index is 1.49. The van der Waals surface area contributed by atoms with Gasteiger partial charge in [0.05, 0.1) is 0 Å². The van der Waals surface area contributed by atoms with Gasteiger partial charge in [-0.2, -0.15) is 0 Å². The highest BCUT2D eigenvalue weighted by Crippen LogP contribution is 2.40. The van der Waals surface area contributed by atoms with E-state index < -0.39 is 6.10 Å². The standard InChI is InChI=1S/C21H17NO2/c22-18-12-10-17(11-13-18)20-21(24-20)19(23)16-8-6-15(7-9-16)14-4-2-1-3-5-14/h1-13,20-21H,22H2/t20-,21-/m1/s1. The van der Waals surface area contributed by atoms with Crippen LogP contribution in [0.25, 0.3) is 11.1 Å². The number of epoxide rings is 1. The van der Waals surface area contributed by atoms with Crippen molar-refractivity contribution in [3.05, 3.63) is 90.0 Å². The van der Waals surface area contributed by atoms with Crippen molar-refractivity contribution in [2.24, 2.45) is 0 Å². The molecule has 1 aliphatic rings. The summed E-state index contributed by atoms with van der Waals surface area (Å²) in [4.78, 5) is 12.6. The van der Waals surface area contributed by atoms with Crippen molar-refractivity contribution >= 4 is 11.5 Å². The zero-order valence-corrected chi connectivity index (χ0v) is 13.1. The number of ketones is 1. The number of benzene rings is 3. The zero-order valence-electron chi connectivity index (χ0n) is 13.1. The molecule has 0 aromatic heterocycles. The number of anilines is 1. The van der Waals surface area contributed by atoms with Gasteiger partial charge >= 0.3 is 0 Å². The molecule has 118 valence electrons. The summed E-state index contributed by atoms with van der Waals surface area (Å²) in [5.74, 6) is 0.0245. The molecule has 0 amide bonds. The van der Waals surface area contributed by atoms with Crippen LogP contribution in [0.3, 0.4) is 0 Å². The van der Waals surface area contributed by atoms with E-state index in [1.54, 1.807) is 0 Å². The van der Waals surface area contributed by atoms with Crippen LogP contribution in [0.2, 0.25) is 0 Å². The number of carbonyl (C=O) groups excluding carboxylic acids is 1. The lowest BCUT2D eigenvalue weighted by Gasteiger charge is -2.03. The van der Waals surface area contributed by atoms with Crippen molar-refractivity contribution in [1.29, 1.82) is 0 Å². The molecule has 3 aromatic carbocycles. The monoisotopic (exact) mass is 315 g/mol. The largest absolute Gasteiger partial charge is 0.399 e. The fourth-order valence-corrected chi connectivity index (χ4v) is 2.87. The Hall–Kier alpha value is -2.91. The van der Waals surface area contributed by atoms with E-state index in [-0.39, 0.29) is 11.9 Å². The molecule has 24 heavy (non-hydrogen) atoms. The molecule has 0 saturated carbocycles. The molecule has 3 nitrogen and oxygen atoms in total. The molecule has 3 heteroatoms. The fourth-order valence-electron chi connectivity index (χ4n) is 2.87. The van der Waals surface area contributed by atoms with Gasteiger partial charge in [-0.3, -0.25) is 4.79 Å². The number of hydrogen-bond donors (Lipinski definition) is 1. The summed E-state index contributed by atoms with van der Waals surface area (Å²) < 4.78 is 5.58. The van der Waals surface area contributed by atoms with E-state index >= 15 is 0 Å². The van der Waals surface area contributed by atoms with E-state index in [4.69, 9.17) is 10.5 Å². The highest BCUT2D eigenvalue weighted by atomic mass is 16.6. The van der Waals surface area contributed by atoms with Gasteiger partial charge in [0.2, 0.25) is 0 Å². The minimum Gasteiger partial charge on any atom is -0.399 e. The van der Waals surface area contributed by atoms with E-state index in [1.807, 2.05) is 66.7 Å². The van der Waals surface area contributed by atoms with Crippen molar-refractivity contribution in [2.75, 3.05) is 5.73 Å². The summed E-state index contributed by atoms with van der Waals surface area (Å²) >= 11 is 0. The first-order chi connectivity index (χ1) is 11.7. The lowest BCUT2D eigenvalue weighted by atomic mass is 9.99. The Labute approximate surface area is 140 Å². The van der Waals surface area contributed by atoms with E-state index in [0.29, 0.717) is 11.3 Å². The Morgan fingerprint density at radius 1 is 0.792 bits per heavy atom. The van der Waals surface area contributed by atoms with Crippen LogP contribution in [-0.4, -0.2) is 11.9 Å². The quantitative estimate of drug-likeness (QED) is 0.444. The van der Waals surface area contributed by atoms with Crippen LogP contribution >= 0.6 is 0 Å². The molecule has 2 atom stereocenters. The van der Waals surface area contributed by atoms with Crippen LogP contribution in [0, 0.1) is 0 Å². The van der Waals surface area contributed by atoms with Gasteiger partial charge in [-0.25, -0.2) is 0 Å². The molecule has 1 fully saturated rings. The van der Waals surface area contributed by atoms with Crippen molar-refractivity contribution in [2.45, 2.75) is 12.2 Å². The van der Waals surface area contributed by atoms with Crippen LogP contribution in [0.1, 0.15) is 22.0 Å². The maximum Gasteiger partial charge on any atom is 0.194 e. The summed E-state index contributed by atoms with van der Waals surface area (Å²) in [6, 6.07) is 25.3. The third-order valence-electron chi connectivity index (χ3n) is 4.29. The Kier molecular flexibility index (Phi) is 3.63. The number of nitrogen functional groups attached to an aromatic ring is 1. The Morgan fingerprint density at radius 3 is 2.08 bits per heavy atom. The molecule has 0 radical (unpaired) electrons. The second-order valence-corrected chi connectivity index (χ2v) is 5.95. The average Bonchev–Trinajstić information content (AvgIpc) is 3.43. The molecule has 3 aromatic rings. The minimum absolute atomic E-state index is 0.0245. The third-order valence-corrected chi connectivity index (χ3v) is 4.29. The first-order valence-corrected chi connectivity index (χ1v) is 7.93. The van der Waals surface area contributed by atoms with Crippen LogP contribution in [0.5, 0.6) is 0 Å². The lowest BCUT2D eigenvalue weighted by Crippen LogP contribution is -2.08. The molecular formula is C21H17NO2. The van der Waals surface area contributed by atoms with Gasteiger partial charge in [0, 0.05) is 11.3 Å². The molecule has 0 aliphatic carbocycles. The van der Waals surface area contributed by atoms with Crippen molar-refractivity contribution < 1.29 is 9.53 Å². The number of carbonyl (C=O) groups is 1. The smallest absolute Gasteiger partial charge is 0.194 e. The van der Waals surface area contributed by atoms with Gasteiger partial charge < -0.3 is 10.5 Å². The van der Waals surface area contributed by atoms with Crippen molar-refractivity contribution in [3.63, 3.8) is 0 Å². The van der Waals surface area contributed by atoms with E-state index in [2.05, 4.69) is 12.1 Å². The molecule has 1 aliphatic heterocycles. The van der Waals surface area contributed by atoms with Gasteiger partial charge in [-0.1, -0.05) is 66.7 Å². The van der Waals surface area contributed by atoms with Crippen LogP contribution in [0.15, 0.2) is 78.9 Å². The summed E-state index contributed by atoms with van der Waals surface area (Å²) in [6.07, 6.45) is -0.553. The maximum absolute atomic E-state index is 12.6. The third kappa shape index (κ3) is 2.82. The van der Waals surface area contributed by atoms with Gasteiger partial charge in [0.15, 0.2) is 11.9 Å². The number of hydrogen-bond acceptors (Lipinski definition) is 3. The maximum atomic E-state index is 12.6. The summed E-state index contributed by atoms with van der Waals surface area (Å²) in [7, 11) is 0. The molecule has 0 spiro atoms. The predicted molar refractivity (Wildman–Crippen MR) is 94.7 cm³/mol. The Morgan fingerprint density at radius 2 is 1.42 bits per heavy atom. The molecule has 1 saturated heterocycles.